The number of likely N-dealkylation sites (N-methyl/N-ethyl adjacent to an activating group) is 1. The molecule has 0 amide bonds. The van der Waals surface area contributed by atoms with Crippen LogP contribution in [-0.4, -0.2) is 31.2 Å². The van der Waals surface area contributed by atoms with Crippen LogP contribution in [-0.2, 0) is 5.41 Å². The van der Waals surface area contributed by atoms with Gasteiger partial charge in [0.2, 0.25) is 0 Å². The lowest BCUT2D eigenvalue weighted by Gasteiger charge is -2.36. The van der Waals surface area contributed by atoms with Crippen molar-refractivity contribution in [3.63, 3.8) is 0 Å². The maximum absolute atomic E-state index is 6.13. The number of rotatable bonds is 4. The summed E-state index contributed by atoms with van der Waals surface area (Å²) in [5, 5.41) is 7.70. The first kappa shape index (κ1) is 17.3. The van der Waals surface area contributed by atoms with Crippen LogP contribution in [0.1, 0.15) is 49.8 Å². The lowest BCUT2D eigenvalue weighted by molar-refractivity contribution is 0.340. The largest absolute Gasteiger partial charge is 0.346 e. The highest BCUT2D eigenvalue weighted by atomic mass is 35.5. The third-order valence-electron chi connectivity index (χ3n) is 5.95. The minimum atomic E-state index is 0.0692. The molecule has 1 N–H and O–H groups in total. The van der Waals surface area contributed by atoms with Gasteiger partial charge in [-0.05, 0) is 44.0 Å². The Bertz CT molecular complexity index is 706. The Morgan fingerprint density at radius 1 is 1.20 bits per heavy atom. The Kier molecular flexibility index (Phi) is 5.03. The summed E-state index contributed by atoms with van der Waals surface area (Å²) in [6.45, 7) is 2.17. The summed E-state index contributed by atoms with van der Waals surface area (Å²) in [5.41, 5.74) is 2.71. The van der Waals surface area contributed by atoms with Crippen molar-refractivity contribution in [3.8, 4) is 0 Å². The van der Waals surface area contributed by atoms with Crippen molar-refractivity contribution in [1.82, 2.24) is 10.3 Å². The number of anilines is 1. The zero-order valence-electron chi connectivity index (χ0n) is 14.8. The molecule has 25 heavy (non-hydrogen) atoms. The summed E-state index contributed by atoms with van der Waals surface area (Å²) >= 11 is 7.94. The highest BCUT2D eigenvalue weighted by Gasteiger charge is 2.38. The molecule has 134 valence electrons. The van der Waals surface area contributed by atoms with E-state index in [0.29, 0.717) is 6.04 Å². The predicted octanol–water partition coefficient (Wildman–Crippen LogP) is 4.84. The quantitative estimate of drug-likeness (QED) is 0.828. The third kappa shape index (κ3) is 3.32. The van der Waals surface area contributed by atoms with Crippen molar-refractivity contribution in [2.24, 2.45) is 0 Å². The van der Waals surface area contributed by atoms with Crippen LogP contribution in [0.25, 0.3) is 0 Å². The molecule has 1 aliphatic heterocycles. The number of halogens is 1. The van der Waals surface area contributed by atoms with Gasteiger partial charge < -0.3 is 10.2 Å². The van der Waals surface area contributed by atoms with E-state index in [-0.39, 0.29) is 5.41 Å². The maximum atomic E-state index is 6.13. The first-order valence-corrected chi connectivity index (χ1v) is 10.6. The Balaban J connectivity index is 1.65. The van der Waals surface area contributed by atoms with Crippen LogP contribution in [0.5, 0.6) is 0 Å². The van der Waals surface area contributed by atoms with Gasteiger partial charge in [-0.15, -0.1) is 11.3 Å². The standard InChI is InChI=1S/C20H26ClN3S/c1-22-17-9-12-24(13-17)19-23-18(14-25-19)20(10-3-2-4-11-20)15-5-7-16(21)8-6-15/h5-8,14,17,22H,2-4,9-13H2,1H3. The summed E-state index contributed by atoms with van der Waals surface area (Å²) in [7, 11) is 2.05. The normalized spacial score (nSPS) is 23.1. The second kappa shape index (κ2) is 7.26. The fraction of sp³-hybridized carbons (Fsp3) is 0.550. The Morgan fingerprint density at radius 3 is 2.64 bits per heavy atom. The van der Waals surface area contributed by atoms with Crippen molar-refractivity contribution >= 4 is 28.1 Å². The van der Waals surface area contributed by atoms with Gasteiger partial charge in [-0.25, -0.2) is 4.98 Å². The molecule has 1 aromatic heterocycles. The van der Waals surface area contributed by atoms with Crippen LogP contribution in [0, 0.1) is 0 Å². The Morgan fingerprint density at radius 2 is 1.96 bits per heavy atom. The molecule has 1 unspecified atom stereocenters. The van der Waals surface area contributed by atoms with Gasteiger partial charge in [0.15, 0.2) is 5.13 Å². The minimum absolute atomic E-state index is 0.0692. The second-order valence-electron chi connectivity index (χ2n) is 7.39. The number of benzene rings is 1. The van der Waals surface area contributed by atoms with Gasteiger partial charge in [0.25, 0.3) is 0 Å². The SMILES string of the molecule is CNC1CCN(c2nc(C3(c4ccc(Cl)cc4)CCCCC3)cs2)C1. The summed E-state index contributed by atoms with van der Waals surface area (Å²) < 4.78 is 0. The first-order valence-electron chi connectivity index (χ1n) is 9.35. The second-order valence-corrected chi connectivity index (χ2v) is 8.66. The minimum Gasteiger partial charge on any atom is -0.346 e. The van der Waals surface area contributed by atoms with Crippen LogP contribution in [0.15, 0.2) is 29.6 Å². The van der Waals surface area contributed by atoms with E-state index in [9.17, 15) is 0 Å². The number of hydrogen-bond acceptors (Lipinski definition) is 4. The molecule has 1 saturated heterocycles. The van der Waals surface area contributed by atoms with Crippen LogP contribution in [0.3, 0.4) is 0 Å². The van der Waals surface area contributed by atoms with Crippen molar-refractivity contribution in [3.05, 3.63) is 45.9 Å². The monoisotopic (exact) mass is 375 g/mol. The van der Waals surface area contributed by atoms with Crippen LogP contribution >= 0.6 is 22.9 Å². The lowest BCUT2D eigenvalue weighted by atomic mass is 9.67. The van der Waals surface area contributed by atoms with E-state index in [0.717, 1.165) is 18.1 Å². The molecular weight excluding hydrogens is 350 g/mol. The fourth-order valence-electron chi connectivity index (χ4n) is 4.42. The smallest absolute Gasteiger partial charge is 0.185 e. The molecule has 1 saturated carbocycles. The molecule has 1 atom stereocenters. The summed E-state index contributed by atoms with van der Waals surface area (Å²) in [6, 6.07) is 9.06. The highest BCUT2D eigenvalue weighted by molar-refractivity contribution is 7.13. The molecule has 4 rings (SSSR count). The van der Waals surface area contributed by atoms with E-state index in [1.807, 2.05) is 23.5 Å². The summed E-state index contributed by atoms with van der Waals surface area (Å²) in [6.07, 6.45) is 7.48. The fourth-order valence-corrected chi connectivity index (χ4v) is 5.50. The predicted molar refractivity (Wildman–Crippen MR) is 107 cm³/mol. The van der Waals surface area contributed by atoms with E-state index in [4.69, 9.17) is 16.6 Å². The van der Waals surface area contributed by atoms with Crippen LogP contribution in [0.2, 0.25) is 5.02 Å². The van der Waals surface area contributed by atoms with Gasteiger partial charge in [0.1, 0.15) is 0 Å². The van der Waals surface area contributed by atoms with E-state index in [2.05, 4.69) is 34.8 Å². The van der Waals surface area contributed by atoms with Crippen LogP contribution < -0.4 is 10.2 Å². The molecule has 1 aliphatic carbocycles. The number of hydrogen-bond donors (Lipinski definition) is 1. The summed E-state index contributed by atoms with van der Waals surface area (Å²) in [5.74, 6) is 0. The molecule has 0 radical (unpaired) electrons. The van der Waals surface area contributed by atoms with Gasteiger partial charge in [0, 0.05) is 34.9 Å². The molecular formula is C20H26ClN3S. The van der Waals surface area contributed by atoms with Crippen LogP contribution in [0.4, 0.5) is 5.13 Å². The molecule has 0 spiro atoms. The number of nitrogens with zero attached hydrogens (tertiary/aromatic N) is 2. The molecule has 2 aromatic rings. The van der Waals surface area contributed by atoms with Crippen molar-refractivity contribution in [1.29, 1.82) is 0 Å². The van der Waals surface area contributed by atoms with Crippen molar-refractivity contribution < 1.29 is 0 Å². The van der Waals surface area contributed by atoms with Crippen molar-refractivity contribution in [2.45, 2.75) is 50.0 Å². The van der Waals surface area contributed by atoms with Gasteiger partial charge in [0.05, 0.1) is 5.69 Å². The molecule has 0 bridgehead atoms. The zero-order valence-corrected chi connectivity index (χ0v) is 16.4. The van der Waals surface area contributed by atoms with Gasteiger partial charge in [-0.1, -0.05) is 43.0 Å². The van der Waals surface area contributed by atoms with Gasteiger partial charge in [-0.3, -0.25) is 0 Å². The molecule has 1 aromatic carbocycles. The molecule has 2 heterocycles. The van der Waals surface area contributed by atoms with E-state index >= 15 is 0 Å². The van der Waals surface area contributed by atoms with E-state index in [1.165, 1.54) is 54.9 Å². The van der Waals surface area contributed by atoms with Gasteiger partial charge in [-0.2, -0.15) is 0 Å². The number of nitrogens with one attached hydrogen (secondary N) is 1. The van der Waals surface area contributed by atoms with E-state index in [1.54, 1.807) is 0 Å². The highest BCUT2D eigenvalue weighted by Crippen LogP contribution is 2.46. The average molecular weight is 376 g/mol. The summed E-state index contributed by atoms with van der Waals surface area (Å²) in [4.78, 5) is 7.58. The Hall–Kier alpha value is -1.10. The molecule has 5 heteroatoms. The number of aromatic nitrogens is 1. The molecule has 2 aliphatic rings. The maximum Gasteiger partial charge on any atom is 0.185 e. The zero-order chi connectivity index (χ0) is 17.3. The first-order chi connectivity index (χ1) is 12.2. The number of thiazole rings is 1. The molecule has 3 nitrogen and oxygen atoms in total. The lowest BCUT2D eigenvalue weighted by Crippen LogP contribution is -2.31. The van der Waals surface area contributed by atoms with Crippen molar-refractivity contribution in [2.75, 3.05) is 25.0 Å². The van der Waals surface area contributed by atoms with Gasteiger partial charge >= 0.3 is 0 Å². The molecule has 2 fully saturated rings. The van der Waals surface area contributed by atoms with E-state index < -0.39 is 0 Å². The Labute approximate surface area is 159 Å². The average Bonchev–Trinajstić information content (AvgIpc) is 3.32. The topological polar surface area (TPSA) is 28.2 Å². The third-order valence-corrected chi connectivity index (χ3v) is 7.11.